The summed E-state index contributed by atoms with van der Waals surface area (Å²) in [5.74, 6) is -1.28. The number of aromatic nitrogens is 3. The van der Waals surface area contributed by atoms with Crippen LogP contribution in [0.2, 0.25) is 0 Å². The van der Waals surface area contributed by atoms with Crippen LogP contribution in [-0.2, 0) is 28.0 Å². The van der Waals surface area contributed by atoms with Gasteiger partial charge in [0.15, 0.2) is 10.8 Å². The van der Waals surface area contributed by atoms with Crippen molar-refractivity contribution in [2.24, 2.45) is 7.05 Å². The van der Waals surface area contributed by atoms with Gasteiger partial charge in [-0.15, -0.1) is 0 Å². The summed E-state index contributed by atoms with van der Waals surface area (Å²) < 4.78 is 71.5. The van der Waals surface area contributed by atoms with Crippen molar-refractivity contribution in [1.82, 2.24) is 14.8 Å². The summed E-state index contributed by atoms with van der Waals surface area (Å²) in [6.07, 6.45) is -3.82. The maximum absolute atomic E-state index is 13.1. The van der Waals surface area contributed by atoms with Crippen LogP contribution in [0.5, 0.6) is 0 Å². The summed E-state index contributed by atoms with van der Waals surface area (Å²) in [4.78, 5) is 13.5. The number of alkyl halides is 3. The summed E-state index contributed by atoms with van der Waals surface area (Å²) in [6, 6.07) is 0. The molecule has 2 heterocycles. The van der Waals surface area contributed by atoms with Gasteiger partial charge in [0.05, 0.1) is 18.5 Å². The molecule has 0 saturated carbocycles. The zero-order valence-corrected chi connectivity index (χ0v) is 14.8. The Morgan fingerprint density at radius 3 is 2.56 bits per heavy atom. The van der Waals surface area contributed by atoms with E-state index in [1.807, 2.05) is 4.72 Å². The van der Waals surface area contributed by atoms with Gasteiger partial charge < -0.3 is 4.74 Å². The Hall–Kier alpha value is -2.15. The summed E-state index contributed by atoms with van der Waals surface area (Å²) in [7, 11) is -2.70. The zero-order valence-electron chi connectivity index (χ0n) is 13.2. The van der Waals surface area contributed by atoms with Gasteiger partial charge in [-0.05, 0) is 13.8 Å². The van der Waals surface area contributed by atoms with Gasteiger partial charge in [-0.25, -0.2) is 18.2 Å². The molecule has 0 aromatic carbocycles. The molecule has 2 aromatic rings. The van der Waals surface area contributed by atoms with Gasteiger partial charge in [-0.2, -0.15) is 18.3 Å². The van der Waals surface area contributed by atoms with E-state index in [0.29, 0.717) is 0 Å². The number of halogens is 3. The molecule has 2 aromatic heterocycles. The van der Waals surface area contributed by atoms with Crippen LogP contribution < -0.4 is 4.72 Å². The van der Waals surface area contributed by atoms with Crippen molar-refractivity contribution in [2.75, 3.05) is 11.3 Å². The van der Waals surface area contributed by atoms with E-state index in [-0.39, 0.29) is 28.5 Å². The molecule has 2 rings (SSSR count). The molecule has 8 nitrogen and oxygen atoms in total. The van der Waals surface area contributed by atoms with E-state index in [0.717, 1.165) is 6.20 Å². The van der Waals surface area contributed by atoms with E-state index in [2.05, 4.69) is 14.8 Å². The lowest BCUT2D eigenvalue weighted by Crippen LogP contribution is -2.15. The van der Waals surface area contributed by atoms with Crippen LogP contribution in [0, 0.1) is 6.92 Å². The minimum Gasteiger partial charge on any atom is -0.461 e. The number of ether oxygens (including phenoxy) is 1. The fraction of sp³-hybridized carbons (Fsp3) is 0.417. The molecule has 0 aliphatic rings. The summed E-state index contributed by atoms with van der Waals surface area (Å²) >= 11 is 0.000396. The lowest BCUT2D eigenvalue weighted by Gasteiger charge is -2.05. The highest BCUT2D eigenvalue weighted by atomic mass is 32.2. The molecule has 0 aliphatic heterocycles. The number of thiazole rings is 1. The Morgan fingerprint density at radius 2 is 2.08 bits per heavy atom. The number of esters is 1. The Labute approximate surface area is 144 Å². The fourth-order valence-electron chi connectivity index (χ4n) is 1.81. The predicted octanol–water partition coefficient (Wildman–Crippen LogP) is 2.18. The Morgan fingerprint density at radius 1 is 1.44 bits per heavy atom. The fourth-order valence-corrected chi connectivity index (χ4v) is 4.07. The first-order valence-electron chi connectivity index (χ1n) is 6.74. The molecule has 13 heteroatoms. The number of carbonyl (C=O) groups is 1. The molecule has 0 unspecified atom stereocenters. The lowest BCUT2D eigenvalue weighted by molar-refractivity contribution is -0.135. The third-order valence-corrected chi connectivity index (χ3v) is 5.64. The highest BCUT2D eigenvalue weighted by Crippen LogP contribution is 2.39. The molecule has 0 bridgehead atoms. The highest BCUT2D eigenvalue weighted by Gasteiger charge is 2.40. The van der Waals surface area contributed by atoms with Gasteiger partial charge in [-0.1, -0.05) is 11.3 Å². The molecule has 0 fully saturated rings. The van der Waals surface area contributed by atoms with Crippen molar-refractivity contribution in [2.45, 2.75) is 24.9 Å². The van der Waals surface area contributed by atoms with E-state index in [9.17, 15) is 26.4 Å². The number of aryl methyl sites for hydroxylation is 1. The highest BCUT2D eigenvalue weighted by molar-refractivity contribution is 7.93. The molecule has 138 valence electrons. The summed E-state index contributed by atoms with van der Waals surface area (Å²) in [5.41, 5.74) is -0.703. The first kappa shape index (κ1) is 19.2. The molecule has 0 amide bonds. The SMILES string of the molecule is CCOC(=O)c1nc(NS(=O)(=O)c2cnn(C)c2C)sc1C(F)(F)F. The van der Waals surface area contributed by atoms with Crippen molar-refractivity contribution >= 4 is 32.5 Å². The van der Waals surface area contributed by atoms with Crippen molar-refractivity contribution in [3.63, 3.8) is 0 Å². The lowest BCUT2D eigenvalue weighted by atomic mass is 10.3. The normalized spacial score (nSPS) is 12.2. The number of rotatable bonds is 5. The second-order valence-corrected chi connectivity index (χ2v) is 7.39. The molecule has 0 atom stereocenters. The molecule has 0 aliphatic carbocycles. The number of hydrogen-bond donors (Lipinski definition) is 1. The van der Waals surface area contributed by atoms with Crippen molar-refractivity contribution in [3.05, 3.63) is 22.5 Å². The predicted molar refractivity (Wildman–Crippen MR) is 81.8 cm³/mol. The molecule has 0 saturated heterocycles. The Kier molecular flexibility index (Phi) is 5.09. The molecule has 25 heavy (non-hydrogen) atoms. The van der Waals surface area contributed by atoms with Crippen LogP contribution in [0.3, 0.4) is 0 Å². The molecule has 0 spiro atoms. The Bertz CT molecular complexity index is 902. The first-order valence-corrected chi connectivity index (χ1v) is 9.04. The van der Waals surface area contributed by atoms with Gasteiger partial charge in [0, 0.05) is 7.05 Å². The largest absolute Gasteiger partial charge is 0.461 e. The average Bonchev–Trinajstić information content (AvgIpc) is 3.03. The van der Waals surface area contributed by atoms with Crippen molar-refractivity contribution in [1.29, 1.82) is 0 Å². The maximum atomic E-state index is 13.1. The second kappa shape index (κ2) is 6.63. The van der Waals surface area contributed by atoms with Gasteiger partial charge >= 0.3 is 12.1 Å². The number of sulfonamides is 1. The van der Waals surface area contributed by atoms with Crippen molar-refractivity contribution in [3.8, 4) is 0 Å². The monoisotopic (exact) mass is 398 g/mol. The van der Waals surface area contributed by atoms with E-state index < -0.39 is 37.9 Å². The Balaban J connectivity index is 2.43. The van der Waals surface area contributed by atoms with Crippen LogP contribution in [0.25, 0.3) is 0 Å². The van der Waals surface area contributed by atoms with Gasteiger partial charge in [0.2, 0.25) is 0 Å². The molecular formula is C12H13F3N4O4S2. The maximum Gasteiger partial charge on any atom is 0.428 e. The number of carbonyl (C=O) groups excluding carboxylic acids is 1. The molecular weight excluding hydrogens is 385 g/mol. The van der Waals surface area contributed by atoms with E-state index in [4.69, 9.17) is 0 Å². The zero-order chi connectivity index (χ0) is 19.0. The standard InChI is InChI=1S/C12H13F3N4O4S2/c1-4-23-10(20)8-9(12(13,14)15)24-11(17-8)18-25(21,22)7-5-16-19(3)6(7)2/h5H,4H2,1-3H3,(H,17,18). The smallest absolute Gasteiger partial charge is 0.428 e. The second-order valence-electron chi connectivity index (χ2n) is 4.74. The third-order valence-electron chi connectivity index (χ3n) is 3.05. The topological polar surface area (TPSA) is 103 Å². The minimum atomic E-state index is -4.88. The van der Waals surface area contributed by atoms with Gasteiger partial charge in [0.1, 0.15) is 9.77 Å². The third kappa shape index (κ3) is 3.92. The first-order chi connectivity index (χ1) is 11.5. The van der Waals surface area contributed by atoms with E-state index in [1.165, 1.54) is 25.6 Å². The van der Waals surface area contributed by atoms with Gasteiger partial charge in [0.25, 0.3) is 10.0 Å². The van der Waals surface area contributed by atoms with Crippen LogP contribution >= 0.6 is 11.3 Å². The van der Waals surface area contributed by atoms with Crippen LogP contribution in [0.4, 0.5) is 18.3 Å². The van der Waals surface area contributed by atoms with Crippen molar-refractivity contribution < 1.29 is 31.1 Å². The number of nitrogens with zero attached hydrogens (tertiary/aromatic N) is 3. The number of nitrogens with one attached hydrogen (secondary N) is 1. The van der Waals surface area contributed by atoms with Gasteiger partial charge in [-0.3, -0.25) is 9.40 Å². The summed E-state index contributed by atoms with van der Waals surface area (Å²) in [6.45, 7) is 2.75. The molecule has 1 N–H and O–H groups in total. The van der Waals surface area contributed by atoms with Crippen LogP contribution in [0.1, 0.15) is 28.0 Å². The van der Waals surface area contributed by atoms with E-state index in [1.54, 1.807) is 0 Å². The quantitative estimate of drug-likeness (QED) is 0.775. The van der Waals surface area contributed by atoms with E-state index >= 15 is 0 Å². The van der Waals surface area contributed by atoms with Crippen LogP contribution in [-0.4, -0.2) is 35.8 Å². The summed E-state index contributed by atoms with van der Waals surface area (Å²) in [5, 5.41) is 3.17. The molecule has 0 radical (unpaired) electrons. The average molecular weight is 398 g/mol. The number of anilines is 1. The number of hydrogen-bond acceptors (Lipinski definition) is 7. The minimum absolute atomic E-state index is 0.000396. The van der Waals surface area contributed by atoms with Crippen LogP contribution in [0.15, 0.2) is 11.1 Å².